The zero-order valence-electron chi connectivity index (χ0n) is 19.3. The Morgan fingerprint density at radius 2 is 1.95 bits per heavy atom. The van der Waals surface area contributed by atoms with Gasteiger partial charge in [0.25, 0.3) is 5.56 Å². The van der Waals surface area contributed by atoms with E-state index < -0.39 is 78.4 Å². The lowest BCUT2D eigenvalue weighted by atomic mass is 9.92. The normalized spacial score (nSPS) is 24.7. The van der Waals surface area contributed by atoms with Crippen molar-refractivity contribution in [2.45, 2.75) is 56.3 Å². The van der Waals surface area contributed by atoms with Crippen LogP contribution in [0.2, 0.25) is 0 Å². The highest BCUT2D eigenvalue weighted by Crippen LogP contribution is 2.31. The molecule has 0 aliphatic carbocycles. The Kier molecular flexibility index (Phi) is 8.42. The van der Waals surface area contributed by atoms with Gasteiger partial charge in [0, 0.05) is 12.1 Å². The number of aliphatic hydroxyl groups is 4. The number of pyridine rings is 1. The van der Waals surface area contributed by atoms with Crippen LogP contribution in [0.15, 0.2) is 34.1 Å². The van der Waals surface area contributed by atoms with Gasteiger partial charge in [-0.05, 0) is 12.1 Å². The molecule has 0 aromatic carbocycles. The van der Waals surface area contributed by atoms with E-state index >= 15 is 0 Å². The first-order chi connectivity index (χ1) is 17.4. The van der Waals surface area contributed by atoms with Crippen molar-refractivity contribution < 1.29 is 45.0 Å². The highest BCUT2D eigenvalue weighted by molar-refractivity contribution is 5.87. The fourth-order valence-corrected chi connectivity index (χ4v) is 3.83. The molecule has 0 spiro atoms. The number of nitrogens with two attached hydrogens (primary N) is 1. The van der Waals surface area contributed by atoms with E-state index in [4.69, 9.17) is 10.5 Å². The summed E-state index contributed by atoms with van der Waals surface area (Å²) in [6.07, 6.45) is -6.63. The van der Waals surface area contributed by atoms with Crippen LogP contribution in [0.25, 0.3) is 0 Å². The molecule has 2 aromatic heterocycles. The number of H-pyrrole nitrogens is 1. The lowest BCUT2D eigenvalue weighted by Crippen LogP contribution is -2.57. The maximum atomic E-state index is 12.8. The summed E-state index contributed by atoms with van der Waals surface area (Å²) in [5.41, 5.74) is 3.79. The topological polar surface area (TPSA) is 271 Å². The van der Waals surface area contributed by atoms with Crippen LogP contribution in [0.5, 0.6) is 5.75 Å². The van der Waals surface area contributed by atoms with Gasteiger partial charge in [-0.15, -0.1) is 0 Å². The molecule has 16 heteroatoms. The van der Waals surface area contributed by atoms with Gasteiger partial charge in [0.05, 0.1) is 30.1 Å². The van der Waals surface area contributed by atoms with E-state index in [0.29, 0.717) is 4.57 Å². The number of aromatic nitrogens is 3. The number of ether oxygens (including phenoxy) is 1. The number of amides is 1. The van der Waals surface area contributed by atoms with Crippen molar-refractivity contribution in [3.05, 3.63) is 56.6 Å². The van der Waals surface area contributed by atoms with Crippen molar-refractivity contribution in [3.63, 3.8) is 0 Å². The standard InChI is InChI=1S/C21H27N5O11/c1-7(13(29)10-3-2-9(28)4-23-10)11(22)18(33)24-12(20(34)35)16-14(30)15(31)19(37-16)26-5-8(6-27)17(32)25-21(26)36/h2-5,7,11-16,19,27-31H,6,22H2,1H3,(H,24,33)(H,34,35)(H,25,32,36)/t7-,11-,12-,13+,14-,15+,16+,19+/m0/s1. The number of hydrogen-bond donors (Lipinski definition) is 9. The minimum atomic E-state index is -1.96. The molecule has 3 rings (SSSR count). The molecule has 202 valence electrons. The molecule has 0 radical (unpaired) electrons. The van der Waals surface area contributed by atoms with Crippen LogP contribution in [-0.2, 0) is 20.9 Å². The molecule has 16 nitrogen and oxygen atoms in total. The molecule has 1 amide bonds. The van der Waals surface area contributed by atoms with Crippen molar-refractivity contribution in [3.8, 4) is 5.75 Å². The van der Waals surface area contributed by atoms with Gasteiger partial charge < -0.3 is 46.4 Å². The van der Waals surface area contributed by atoms with E-state index in [1.54, 1.807) is 0 Å². The van der Waals surface area contributed by atoms with Crippen LogP contribution in [0.3, 0.4) is 0 Å². The zero-order chi connectivity index (χ0) is 27.6. The van der Waals surface area contributed by atoms with Gasteiger partial charge in [0.1, 0.15) is 30.2 Å². The monoisotopic (exact) mass is 525 g/mol. The van der Waals surface area contributed by atoms with E-state index in [0.717, 1.165) is 12.4 Å². The van der Waals surface area contributed by atoms with Gasteiger partial charge in [0.2, 0.25) is 5.91 Å². The second kappa shape index (κ2) is 11.2. The Bertz CT molecular complexity index is 1250. The summed E-state index contributed by atoms with van der Waals surface area (Å²) >= 11 is 0. The van der Waals surface area contributed by atoms with Crippen molar-refractivity contribution in [2.24, 2.45) is 11.7 Å². The minimum absolute atomic E-state index is 0.0949. The van der Waals surface area contributed by atoms with E-state index in [-0.39, 0.29) is 17.0 Å². The number of aliphatic hydroxyl groups excluding tert-OH is 4. The summed E-state index contributed by atoms with van der Waals surface area (Å²) in [7, 11) is 0. The van der Waals surface area contributed by atoms with Gasteiger partial charge in [-0.3, -0.25) is 24.1 Å². The number of carboxylic acids is 1. The summed E-state index contributed by atoms with van der Waals surface area (Å²) in [6.45, 7) is 0.640. The number of carbonyl (C=O) groups excluding carboxylic acids is 1. The van der Waals surface area contributed by atoms with Crippen LogP contribution in [0.1, 0.15) is 30.5 Å². The average molecular weight is 525 g/mol. The van der Waals surface area contributed by atoms with E-state index in [1.807, 2.05) is 4.98 Å². The molecule has 10 N–H and O–H groups in total. The molecular formula is C21H27N5O11. The molecule has 37 heavy (non-hydrogen) atoms. The molecule has 1 fully saturated rings. The fraction of sp³-hybridized carbons (Fsp3) is 0.476. The largest absolute Gasteiger partial charge is 0.506 e. The maximum absolute atomic E-state index is 12.8. The Morgan fingerprint density at radius 3 is 2.51 bits per heavy atom. The number of aromatic amines is 1. The first-order valence-electron chi connectivity index (χ1n) is 11.0. The van der Waals surface area contributed by atoms with E-state index in [2.05, 4.69) is 10.3 Å². The smallest absolute Gasteiger partial charge is 0.330 e. The van der Waals surface area contributed by atoms with E-state index in [1.165, 1.54) is 19.1 Å². The SMILES string of the molecule is C[C@@H]([C@H](N)C(=O)N[C@H](C(=O)O)[C@H]1O[C@@H](n2cc(CO)c(=O)[nH]c2=O)[C@H](O)[C@@H]1O)[C@@H](O)c1ccc(O)cn1. The molecule has 1 aliphatic heterocycles. The van der Waals surface area contributed by atoms with Gasteiger partial charge >= 0.3 is 11.7 Å². The number of aromatic hydroxyl groups is 1. The molecule has 2 aromatic rings. The molecule has 0 bridgehead atoms. The minimum Gasteiger partial charge on any atom is -0.506 e. The predicted octanol–water partition coefficient (Wildman–Crippen LogP) is -3.98. The van der Waals surface area contributed by atoms with Crippen molar-refractivity contribution in [1.29, 1.82) is 0 Å². The number of carbonyl (C=O) groups is 2. The number of rotatable bonds is 9. The Morgan fingerprint density at radius 1 is 1.27 bits per heavy atom. The third kappa shape index (κ3) is 5.68. The number of carboxylic acid groups (broad SMARTS) is 1. The molecular weight excluding hydrogens is 498 g/mol. The van der Waals surface area contributed by atoms with Gasteiger partial charge in [-0.1, -0.05) is 6.92 Å². The van der Waals surface area contributed by atoms with Crippen LogP contribution in [0.4, 0.5) is 0 Å². The highest BCUT2D eigenvalue weighted by Gasteiger charge is 2.50. The molecule has 0 saturated carbocycles. The number of hydrogen-bond acceptors (Lipinski definition) is 12. The van der Waals surface area contributed by atoms with Crippen molar-refractivity contribution in [1.82, 2.24) is 19.9 Å². The lowest BCUT2D eigenvalue weighted by Gasteiger charge is -2.28. The van der Waals surface area contributed by atoms with Crippen LogP contribution in [0, 0.1) is 5.92 Å². The molecule has 8 atom stereocenters. The highest BCUT2D eigenvalue weighted by atomic mass is 16.6. The maximum Gasteiger partial charge on any atom is 0.330 e. The summed E-state index contributed by atoms with van der Waals surface area (Å²) < 4.78 is 6.09. The summed E-state index contributed by atoms with van der Waals surface area (Å²) in [6, 6.07) is -0.852. The van der Waals surface area contributed by atoms with Gasteiger partial charge in [-0.2, -0.15) is 0 Å². The summed E-state index contributed by atoms with van der Waals surface area (Å²) in [5.74, 6) is -3.86. The predicted molar refractivity (Wildman–Crippen MR) is 121 cm³/mol. The van der Waals surface area contributed by atoms with Crippen molar-refractivity contribution >= 4 is 11.9 Å². The van der Waals surface area contributed by atoms with Gasteiger partial charge in [0.15, 0.2) is 12.3 Å². The Hall–Kier alpha value is -3.67. The first-order valence-corrected chi connectivity index (χ1v) is 11.0. The van der Waals surface area contributed by atoms with E-state index in [9.17, 15) is 49.8 Å². The zero-order valence-corrected chi connectivity index (χ0v) is 19.3. The van der Waals surface area contributed by atoms with Crippen LogP contribution >= 0.6 is 0 Å². The number of aliphatic carboxylic acids is 1. The molecule has 1 saturated heterocycles. The number of nitrogens with one attached hydrogen (secondary N) is 2. The Labute approximate surface area is 207 Å². The number of nitrogens with zero attached hydrogens (tertiary/aromatic N) is 2. The summed E-state index contributed by atoms with van der Waals surface area (Å²) in [4.78, 5) is 54.4. The first kappa shape index (κ1) is 27.9. The summed E-state index contributed by atoms with van der Waals surface area (Å²) in [5, 5.41) is 61.8. The second-order valence-electron chi connectivity index (χ2n) is 8.55. The fourth-order valence-electron chi connectivity index (χ4n) is 3.83. The Balaban J connectivity index is 1.79. The average Bonchev–Trinajstić information content (AvgIpc) is 3.15. The lowest BCUT2D eigenvalue weighted by molar-refractivity contribution is -0.149. The van der Waals surface area contributed by atoms with Gasteiger partial charge in [-0.25, -0.2) is 9.59 Å². The third-order valence-electron chi connectivity index (χ3n) is 6.09. The van der Waals surface area contributed by atoms with Crippen LogP contribution < -0.4 is 22.3 Å². The molecule has 0 unspecified atom stereocenters. The molecule has 3 heterocycles. The van der Waals surface area contributed by atoms with Crippen molar-refractivity contribution in [2.75, 3.05) is 0 Å². The molecule has 1 aliphatic rings. The third-order valence-corrected chi connectivity index (χ3v) is 6.09. The van der Waals surface area contributed by atoms with Crippen LogP contribution in [-0.4, -0.2) is 87.4 Å². The quantitative estimate of drug-likeness (QED) is 0.151. The second-order valence-corrected chi connectivity index (χ2v) is 8.55.